The van der Waals surface area contributed by atoms with Crippen LogP contribution in [0.3, 0.4) is 0 Å². The summed E-state index contributed by atoms with van der Waals surface area (Å²) in [4.78, 5) is 21.6. The van der Waals surface area contributed by atoms with E-state index in [1.807, 2.05) is 35.2 Å². The number of carbonyl (C=O) groups is 1. The van der Waals surface area contributed by atoms with Crippen LogP contribution in [0.1, 0.15) is 37.9 Å². The number of thiazole rings is 1. The standard InChI is InChI=1S/C21H29N3O2S/c1-21(2,3)20-22-17(16-27-20)14-23-10-7-11-24(13-12-23)19(25)15-26-18-8-5-4-6-9-18/h4-6,8-9,16H,7,10-15H2,1-3H3. The van der Waals surface area contributed by atoms with Gasteiger partial charge in [0, 0.05) is 43.5 Å². The van der Waals surface area contributed by atoms with Crippen molar-refractivity contribution in [1.29, 1.82) is 0 Å². The maximum atomic E-state index is 12.5. The molecule has 1 amide bonds. The van der Waals surface area contributed by atoms with Crippen molar-refractivity contribution in [2.75, 3.05) is 32.8 Å². The Bertz CT molecular complexity index is 739. The number of benzene rings is 1. The maximum absolute atomic E-state index is 12.5. The molecule has 0 unspecified atom stereocenters. The summed E-state index contributed by atoms with van der Waals surface area (Å²) in [6.45, 7) is 10.9. The van der Waals surface area contributed by atoms with Crippen LogP contribution in [0, 0.1) is 0 Å². The van der Waals surface area contributed by atoms with Crippen molar-refractivity contribution in [2.45, 2.75) is 39.2 Å². The van der Waals surface area contributed by atoms with Crippen LogP contribution in [-0.4, -0.2) is 53.5 Å². The molecular formula is C21H29N3O2S. The number of para-hydroxylation sites is 1. The fraction of sp³-hybridized carbons (Fsp3) is 0.524. The highest BCUT2D eigenvalue weighted by molar-refractivity contribution is 7.09. The smallest absolute Gasteiger partial charge is 0.260 e. The van der Waals surface area contributed by atoms with Gasteiger partial charge in [-0.1, -0.05) is 39.0 Å². The Kier molecular flexibility index (Phi) is 6.50. The molecule has 1 saturated heterocycles. The van der Waals surface area contributed by atoms with Crippen LogP contribution in [0.5, 0.6) is 5.75 Å². The summed E-state index contributed by atoms with van der Waals surface area (Å²) < 4.78 is 5.61. The third-order valence-electron chi connectivity index (χ3n) is 4.63. The topological polar surface area (TPSA) is 45.7 Å². The van der Waals surface area contributed by atoms with Gasteiger partial charge in [-0.25, -0.2) is 4.98 Å². The second-order valence-corrected chi connectivity index (χ2v) is 8.86. The molecule has 0 spiro atoms. The Labute approximate surface area is 166 Å². The van der Waals surface area contributed by atoms with E-state index >= 15 is 0 Å². The monoisotopic (exact) mass is 387 g/mol. The van der Waals surface area contributed by atoms with E-state index in [0.29, 0.717) is 0 Å². The van der Waals surface area contributed by atoms with E-state index in [0.717, 1.165) is 50.6 Å². The fourth-order valence-electron chi connectivity index (χ4n) is 3.08. The third kappa shape index (κ3) is 5.78. The second kappa shape index (κ2) is 8.85. The molecule has 6 heteroatoms. The number of nitrogens with zero attached hydrogens (tertiary/aromatic N) is 3. The van der Waals surface area contributed by atoms with Crippen LogP contribution < -0.4 is 4.74 Å². The lowest BCUT2D eigenvalue weighted by Crippen LogP contribution is -2.38. The van der Waals surface area contributed by atoms with Gasteiger partial charge < -0.3 is 9.64 Å². The minimum absolute atomic E-state index is 0.0596. The lowest BCUT2D eigenvalue weighted by molar-refractivity contribution is -0.133. The highest BCUT2D eigenvalue weighted by Crippen LogP contribution is 2.26. The van der Waals surface area contributed by atoms with Gasteiger partial charge in [0.1, 0.15) is 5.75 Å². The molecule has 1 aromatic carbocycles. The lowest BCUT2D eigenvalue weighted by atomic mass is 9.98. The molecule has 0 saturated carbocycles. The van der Waals surface area contributed by atoms with Crippen molar-refractivity contribution in [3.8, 4) is 5.75 Å². The van der Waals surface area contributed by atoms with E-state index in [1.54, 1.807) is 11.3 Å². The van der Waals surface area contributed by atoms with E-state index in [-0.39, 0.29) is 17.9 Å². The second-order valence-electron chi connectivity index (χ2n) is 8.01. The van der Waals surface area contributed by atoms with Crippen LogP contribution in [0.4, 0.5) is 0 Å². The number of hydrogen-bond acceptors (Lipinski definition) is 5. The number of rotatable bonds is 5. The van der Waals surface area contributed by atoms with E-state index in [1.165, 1.54) is 5.01 Å². The molecule has 1 aliphatic heterocycles. The van der Waals surface area contributed by atoms with Crippen molar-refractivity contribution in [3.05, 3.63) is 46.4 Å². The normalized spacial score (nSPS) is 16.2. The summed E-state index contributed by atoms with van der Waals surface area (Å²) in [5.41, 5.74) is 1.24. The molecule has 0 radical (unpaired) electrons. The van der Waals surface area contributed by atoms with Crippen molar-refractivity contribution >= 4 is 17.2 Å². The van der Waals surface area contributed by atoms with Crippen LogP contribution in [0.2, 0.25) is 0 Å². The molecule has 3 rings (SSSR count). The average molecular weight is 388 g/mol. The molecule has 0 N–H and O–H groups in total. The molecule has 0 atom stereocenters. The SMILES string of the molecule is CC(C)(C)c1nc(CN2CCCN(C(=O)COc3ccccc3)CC2)cs1. The summed E-state index contributed by atoms with van der Waals surface area (Å²) in [5.74, 6) is 0.796. The molecule has 146 valence electrons. The molecule has 2 heterocycles. The summed E-state index contributed by atoms with van der Waals surface area (Å²) in [6, 6.07) is 9.50. The zero-order valence-electron chi connectivity index (χ0n) is 16.5. The maximum Gasteiger partial charge on any atom is 0.260 e. The summed E-state index contributed by atoms with van der Waals surface area (Å²) in [7, 11) is 0. The lowest BCUT2D eigenvalue weighted by Gasteiger charge is -2.21. The van der Waals surface area contributed by atoms with Crippen LogP contribution in [0.25, 0.3) is 0 Å². The van der Waals surface area contributed by atoms with Gasteiger partial charge in [-0.05, 0) is 18.6 Å². The van der Waals surface area contributed by atoms with Gasteiger partial charge in [-0.3, -0.25) is 9.69 Å². The molecule has 1 aliphatic rings. The molecule has 27 heavy (non-hydrogen) atoms. The number of hydrogen-bond donors (Lipinski definition) is 0. The van der Waals surface area contributed by atoms with Crippen molar-refractivity contribution in [3.63, 3.8) is 0 Å². The minimum Gasteiger partial charge on any atom is -0.484 e. The van der Waals surface area contributed by atoms with Crippen LogP contribution >= 0.6 is 11.3 Å². The van der Waals surface area contributed by atoms with Crippen molar-refractivity contribution in [2.24, 2.45) is 0 Å². The van der Waals surface area contributed by atoms with Gasteiger partial charge in [0.2, 0.25) is 0 Å². The van der Waals surface area contributed by atoms with Crippen LogP contribution in [0.15, 0.2) is 35.7 Å². The quantitative estimate of drug-likeness (QED) is 0.787. The van der Waals surface area contributed by atoms with E-state index in [9.17, 15) is 4.79 Å². The highest BCUT2D eigenvalue weighted by Gasteiger charge is 2.22. The Balaban J connectivity index is 1.48. The molecule has 0 aliphatic carbocycles. The van der Waals surface area contributed by atoms with Crippen molar-refractivity contribution in [1.82, 2.24) is 14.8 Å². The van der Waals surface area contributed by atoms with Crippen LogP contribution in [-0.2, 0) is 16.8 Å². The predicted octanol–water partition coefficient (Wildman–Crippen LogP) is 3.55. The molecule has 0 bridgehead atoms. The number of aromatic nitrogens is 1. The first-order valence-electron chi connectivity index (χ1n) is 9.55. The molecule has 1 aromatic heterocycles. The number of ether oxygens (including phenoxy) is 1. The molecule has 2 aromatic rings. The number of carbonyl (C=O) groups excluding carboxylic acids is 1. The predicted molar refractivity (Wildman–Crippen MR) is 109 cm³/mol. The Morgan fingerprint density at radius 2 is 1.93 bits per heavy atom. The highest BCUT2D eigenvalue weighted by atomic mass is 32.1. The van der Waals surface area contributed by atoms with Gasteiger partial charge >= 0.3 is 0 Å². The first-order valence-corrected chi connectivity index (χ1v) is 10.4. The fourth-order valence-corrected chi connectivity index (χ4v) is 3.98. The Morgan fingerprint density at radius 1 is 1.15 bits per heavy atom. The van der Waals surface area contributed by atoms with Gasteiger partial charge in [0.25, 0.3) is 5.91 Å². The van der Waals surface area contributed by atoms with Gasteiger partial charge in [-0.2, -0.15) is 0 Å². The van der Waals surface area contributed by atoms with Gasteiger partial charge in [0.15, 0.2) is 6.61 Å². The Morgan fingerprint density at radius 3 is 2.63 bits per heavy atom. The summed E-state index contributed by atoms with van der Waals surface area (Å²) >= 11 is 1.74. The van der Waals surface area contributed by atoms with Crippen molar-refractivity contribution < 1.29 is 9.53 Å². The summed E-state index contributed by atoms with van der Waals surface area (Å²) in [5, 5.41) is 3.35. The minimum atomic E-state index is 0.0596. The summed E-state index contributed by atoms with van der Waals surface area (Å²) in [6.07, 6.45) is 0.980. The van der Waals surface area contributed by atoms with E-state index in [2.05, 4.69) is 31.1 Å². The zero-order chi connectivity index (χ0) is 19.3. The third-order valence-corrected chi connectivity index (χ3v) is 5.94. The number of amides is 1. The molecular weight excluding hydrogens is 358 g/mol. The zero-order valence-corrected chi connectivity index (χ0v) is 17.3. The average Bonchev–Trinajstić information content (AvgIpc) is 3.00. The first kappa shape index (κ1) is 19.8. The Hall–Kier alpha value is -1.92. The van der Waals surface area contributed by atoms with E-state index < -0.39 is 0 Å². The molecule has 1 fully saturated rings. The van der Waals surface area contributed by atoms with Gasteiger partial charge in [0.05, 0.1) is 10.7 Å². The van der Waals surface area contributed by atoms with Gasteiger partial charge in [-0.15, -0.1) is 11.3 Å². The van der Waals surface area contributed by atoms with E-state index in [4.69, 9.17) is 9.72 Å². The molecule has 5 nitrogen and oxygen atoms in total. The largest absolute Gasteiger partial charge is 0.484 e. The first-order chi connectivity index (χ1) is 12.9.